The fraction of sp³-hybridized carbons (Fsp3) is 0.280. The number of carbonyl (C=O) groups excluding carboxylic acids is 1. The van der Waals surface area contributed by atoms with Crippen LogP contribution in [-0.4, -0.2) is 45.6 Å². The third-order valence-electron chi connectivity index (χ3n) is 5.35. The van der Waals surface area contributed by atoms with Gasteiger partial charge in [0.25, 0.3) is 0 Å². The summed E-state index contributed by atoms with van der Waals surface area (Å²) in [5.74, 6) is 2.41. The monoisotopic (exact) mass is 509 g/mol. The van der Waals surface area contributed by atoms with Crippen LogP contribution in [0.25, 0.3) is 11.3 Å². The number of methoxy groups -OCH3 is 2. The Morgan fingerprint density at radius 2 is 1.86 bits per heavy atom. The van der Waals surface area contributed by atoms with Crippen molar-refractivity contribution in [2.45, 2.75) is 31.5 Å². The number of ether oxygens (including phenoxy) is 2. The number of aromatic nitrogens is 4. The highest BCUT2D eigenvalue weighted by Gasteiger charge is 2.15. The van der Waals surface area contributed by atoms with Gasteiger partial charge in [0.15, 0.2) is 21.8 Å². The third kappa shape index (κ3) is 6.20. The van der Waals surface area contributed by atoms with Gasteiger partial charge in [-0.1, -0.05) is 48.2 Å². The Morgan fingerprint density at radius 1 is 1.06 bits per heavy atom. The van der Waals surface area contributed by atoms with E-state index in [-0.39, 0.29) is 11.7 Å². The van der Waals surface area contributed by atoms with Crippen molar-refractivity contribution in [2.75, 3.05) is 25.3 Å². The van der Waals surface area contributed by atoms with Gasteiger partial charge in [-0.2, -0.15) is 0 Å². The Hall–Kier alpha value is -3.37. The molecule has 8 nitrogen and oxygen atoms in total. The minimum absolute atomic E-state index is 0.124. The summed E-state index contributed by atoms with van der Waals surface area (Å²) < 4.78 is 12.8. The maximum Gasteiger partial charge on any atom is 0.236 e. The predicted octanol–water partition coefficient (Wildman–Crippen LogP) is 4.95. The molecule has 2 heterocycles. The van der Waals surface area contributed by atoms with Crippen molar-refractivity contribution >= 4 is 34.1 Å². The Morgan fingerprint density at radius 3 is 2.60 bits per heavy atom. The van der Waals surface area contributed by atoms with E-state index in [9.17, 15) is 4.79 Å². The van der Waals surface area contributed by atoms with E-state index in [1.807, 2.05) is 60.8 Å². The van der Waals surface area contributed by atoms with Gasteiger partial charge in [0, 0.05) is 23.9 Å². The zero-order chi connectivity index (χ0) is 24.6. The lowest BCUT2D eigenvalue weighted by atomic mass is 10.1. The van der Waals surface area contributed by atoms with E-state index in [4.69, 9.17) is 9.47 Å². The lowest BCUT2D eigenvalue weighted by molar-refractivity contribution is -0.113. The molecule has 2 aromatic heterocycles. The number of nitrogens with one attached hydrogen (secondary N) is 1. The van der Waals surface area contributed by atoms with E-state index >= 15 is 0 Å². The molecule has 0 bridgehead atoms. The first-order valence-electron chi connectivity index (χ1n) is 11.2. The molecule has 0 radical (unpaired) electrons. The average molecular weight is 510 g/mol. The molecule has 35 heavy (non-hydrogen) atoms. The molecule has 1 amide bonds. The van der Waals surface area contributed by atoms with Gasteiger partial charge in [-0.15, -0.1) is 21.5 Å². The van der Waals surface area contributed by atoms with Crippen LogP contribution in [0.2, 0.25) is 0 Å². The highest BCUT2D eigenvalue weighted by Crippen LogP contribution is 2.28. The van der Waals surface area contributed by atoms with Crippen LogP contribution in [0.1, 0.15) is 18.3 Å². The largest absolute Gasteiger partial charge is 0.493 e. The number of thiazole rings is 1. The van der Waals surface area contributed by atoms with Crippen molar-refractivity contribution < 1.29 is 14.3 Å². The predicted molar refractivity (Wildman–Crippen MR) is 140 cm³/mol. The molecule has 0 atom stereocenters. The number of rotatable bonds is 11. The number of amides is 1. The van der Waals surface area contributed by atoms with Gasteiger partial charge in [-0.05, 0) is 31.0 Å². The molecule has 1 N–H and O–H groups in total. The fourth-order valence-corrected chi connectivity index (χ4v) is 5.14. The highest BCUT2D eigenvalue weighted by molar-refractivity contribution is 7.99. The molecule has 4 aromatic rings. The lowest BCUT2D eigenvalue weighted by Crippen LogP contribution is -2.14. The average Bonchev–Trinajstić information content (AvgIpc) is 3.53. The second-order valence-electron chi connectivity index (χ2n) is 7.57. The van der Waals surface area contributed by atoms with Crippen LogP contribution in [-0.2, 0) is 24.2 Å². The molecule has 182 valence electrons. The minimum atomic E-state index is -0.124. The fourth-order valence-electron chi connectivity index (χ4n) is 3.58. The van der Waals surface area contributed by atoms with Gasteiger partial charge in [-0.3, -0.25) is 4.79 Å². The van der Waals surface area contributed by atoms with Crippen molar-refractivity contribution in [3.63, 3.8) is 0 Å². The smallest absolute Gasteiger partial charge is 0.236 e. The summed E-state index contributed by atoms with van der Waals surface area (Å²) >= 11 is 2.79. The van der Waals surface area contributed by atoms with Crippen molar-refractivity contribution in [1.82, 2.24) is 19.7 Å². The molecular formula is C25H27N5O3S2. The van der Waals surface area contributed by atoms with Gasteiger partial charge < -0.3 is 19.4 Å². The summed E-state index contributed by atoms with van der Waals surface area (Å²) in [5.41, 5.74) is 3.00. The molecule has 0 spiro atoms. The maximum absolute atomic E-state index is 12.5. The van der Waals surface area contributed by atoms with Gasteiger partial charge in [0.05, 0.1) is 25.7 Å². The molecule has 10 heteroatoms. The Labute approximate surface area is 212 Å². The Kier molecular flexibility index (Phi) is 8.38. The SMILES string of the molecule is CCn1c(CCc2ccc(OC)c(OC)c2)nnc1SCC(=O)Nc1nc(-c2ccccc2)cs1. The summed E-state index contributed by atoms with van der Waals surface area (Å²) in [6.07, 6.45) is 1.52. The van der Waals surface area contributed by atoms with E-state index < -0.39 is 0 Å². The second kappa shape index (κ2) is 11.9. The Balaban J connectivity index is 1.33. The summed E-state index contributed by atoms with van der Waals surface area (Å²) in [7, 11) is 3.26. The topological polar surface area (TPSA) is 91.2 Å². The number of benzene rings is 2. The zero-order valence-corrected chi connectivity index (χ0v) is 21.5. The number of anilines is 1. The van der Waals surface area contributed by atoms with Crippen molar-refractivity contribution in [3.8, 4) is 22.8 Å². The van der Waals surface area contributed by atoms with Gasteiger partial charge >= 0.3 is 0 Å². The summed E-state index contributed by atoms with van der Waals surface area (Å²) in [6, 6.07) is 15.8. The first kappa shape index (κ1) is 24.7. The molecule has 0 saturated heterocycles. The number of carbonyl (C=O) groups is 1. The third-order valence-corrected chi connectivity index (χ3v) is 7.07. The van der Waals surface area contributed by atoms with Crippen LogP contribution in [0.4, 0.5) is 5.13 Å². The molecule has 0 aliphatic carbocycles. The van der Waals surface area contributed by atoms with Gasteiger partial charge in [0.1, 0.15) is 5.82 Å². The van der Waals surface area contributed by atoms with Crippen LogP contribution in [0, 0.1) is 0 Å². The first-order valence-corrected chi connectivity index (χ1v) is 13.0. The van der Waals surface area contributed by atoms with Crippen LogP contribution in [0.15, 0.2) is 59.1 Å². The number of aryl methyl sites for hydroxylation is 2. The molecule has 2 aromatic carbocycles. The number of thioether (sulfide) groups is 1. The maximum atomic E-state index is 12.5. The Bertz CT molecular complexity index is 1270. The molecule has 0 unspecified atom stereocenters. The number of hydrogen-bond acceptors (Lipinski definition) is 8. The van der Waals surface area contributed by atoms with E-state index in [1.54, 1.807) is 14.2 Å². The highest BCUT2D eigenvalue weighted by atomic mass is 32.2. The molecule has 0 saturated carbocycles. The molecule has 4 rings (SSSR count). The normalized spacial score (nSPS) is 10.8. The van der Waals surface area contributed by atoms with E-state index in [0.717, 1.165) is 47.2 Å². The lowest BCUT2D eigenvalue weighted by Gasteiger charge is -2.10. The zero-order valence-electron chi connectivity index (χ0n) is 19.9. The first-order chi connectivity index (χ1) is 17.1. The van der Waals surface area contributed by atoms with E-state index in [1.165, 1.54) is 23.1 Å². The quantitative estimate of drug-likeness (QED) is 0.286. The number of hydrogen-bond donors (Lipinski definition) is 1. The minimum Gasteiger partial charge on any atom is -0.493 e. The van der Waals surface area contributed by atoms with Gasteiger partial charge in [-0.25, -0.2) is 4.98 Å². The van der Waals surface area contributed by atoms with E-state index in [2.05, 4.69) is 25.1 Å². The van der Waals surface area contributed by atoms with Crippen LogP contribution in [0.3, 0.4) is 0 Å². The van der Waals surface area contributed by atoms with Crippen LogP contribution >= 0.6 is 23.1 Å². The summed E-state index contributed by atoms with van der Waals surface area (Å²) in [6.45, 7) is 2.78. The molecule has 0 aliphatic rings. The second-order valence-corrected chi connectivity index (χ2v) is 9.37. The number of nitrogens with zero attached hydrogens (tertiary/aromatic N) is 4. The molecule has 0 aliphatic heterocycles. The van der Waals surface area contributed by atoms with Crippen LogP contribution < -0.4 is 14.8 Å². The van der Waals surface area contributed by atoms with Gasteiger partial charge in [0.2, 0.25) is 5.91 Å². The van der Waals surface area contributed by atoms with Crippen molar-refractivity contribution in [1.29, 1.82) is 0 Å². The summed E-state index contributed by atoms with van der Waals surface area (Å²) in [5, 5.41) is 14.8. The van der Waals surface area contributed by atoms with Crippen LogP contribution in [0.5, 0.6) is 11.5 Å². The van der Waals surface area contributed by atoms with Crippen molar-refractivity contribution in [2.24, 2.45) is 0 Å². The molecule has 0 fully saturated rings. The standard InChI is InChI=1S/C25H27N5O3S2/c1-4-30-22(13-11-17-10-12-20(32-2)21(14-17)33-3)28-29-25(30)35-16-23(31)27-24-26-19(15-34-24)18-8-6-5-7-9-18/h5-10,12,14-15H,4,11,13,16H2,1-3H3,(H,26,27,31). The van der Waals surface area contributed by atoms with E-state index in [0.29, 0.717) is 16.6 Å². The molecular weight excluding hydrogens is 482 g/mol. The summed E-state index contributed by atoms with van der Waals surface area (Å²) in [4.78, 5) is 17.0. The van der Waals surface area contributed by atoms with Crippen molar-refractivity contribution in [3.05, 3.63) is 65.3 Å².